The number of hydrogen-bond acceptors (Lipinski definition) is 2. The van der Waals surface area contributed by atoms with Gasteiger partial charge in [0.15, 0.2) is 0 Å². The molecule has 1 N–H and O–H groups in total. The van der Waals surface area contributed by atoms with Crippen LogP contribution in [0.3, 0.4) is 0 Å². The van der Waals surface area contributed by atoms with Gasteiger partial charge in [-0.05, 0) is 24.8 Å². The van der Waals surface area contributed by atoms with Gasteiger partial charge in [0.1, 0.15) is 0 Å². The highest BCUT2D eigenvalue weighted by atomic mass is 14.5. The summed E-state index contributed by atoms with van der Waals surface area (Å²) < 4.78 is 0. The van der Waals surface area contributed by atoms with Crippen molar-refractivity contribution in [2.45, 2.75) is 26.7 Å². The molecular weight excluding hydrogens is 148 g/mol. The highest BCUT2D eigenvalue weighted by molar-refractivity contribution is 5.95. The van der Waals surface area contributed by atoms with Crippen LogP contribution < -0.4 is 0 Å². The van der Waals surface area contributed by atoms with E-state index in [9.17, 15) is 0 Å². The zero-order valence-electron chi connectivity index (χ0n) is 7.59. The molecule has 64 valence electrons. The largest absolute Gasteiger partial charge is 0.305 e. The molecule has 2 heteroatoms. The van der Waals surface area contributed by atoms with Crippen LogP contribution in [0, 0.1) is 28.6 Å². The van der Waals surface area contributed by atoms with Crippen molar-refractivity contribution in [3.05, 3.63) is 11.6 Å². The molecular formula is C10H14N2. The van der Waals surface area contributed by atoms with Gasteiger partial charge in [-0.3, -0.25) is 0 Å². The fraction of sp³-hybridized carbons (Fsp3) is 0.600. The maximum atomic E-state index is 8.84. The number of nitrogens with one attached hydrogen (secondary N) is 1. The van der Waals surface area contributed by atoms with Gasteiger partial charge in [0.05, 0.1) is 12.0 Å². The first kappa shape index (κ1) is 8.99. The second-order valence-corrected chi connectivity index (χ2v) is 3.35. The Balaban J connectivity index is 2.89. The average Bonchev–Trinajstić information content (AvgIpc) is 2.09. The van der Waals surface area contributed by atoms with Crippen LogP contribution in [0.25, 0.3) is 0 Å². The summed E-state index contributed by atoms with van der Waals surface area (Å²) >= 11 is 0. The molecule has 0 fully saturated rings. The smallest absolute Gasteiger partial charge is 0.0700 e. The van der Waals surface area contributed by atoms with Gasteiger partial charge < -0.3 is 5.41 Å². The van der Waals surface area contributed by atoms with Gasteiger partial charge in [0, 0.05) is 5.71 Å². The third kappa shape index (κ3) is 1.55. The minimum atomic E-state index is 0.0547. The molecule has 0 spiro atoms. The van der Waals surface area contributed by atoms with Gasteiger partial charge in [-0.15, -0.1) is 0 Å². The van der Waals surface area contributed by atoms with Crippen molar-refractivity contribution in [1.29, 1.82) is 10.7 Å². The molecule has 0 aromatic rings. The van der Waals surface area contributed by atoms with Gasteiger partial charge in [0.2, 0.25) is 0 Å². The lowest BCUT2D eigenvalue weighted by Crippen LogP contribution is -2.20. The Bertz CT molecular complexity index is 258. The van der Waals surface area contributed by atoms with Crippen molar-refractivity contribution >= 4 is 5.71 Å². The maximum absolute atomic E-state index is 8.84. The van der Waals surface area contributed by atoms with Crippen LogP contribution in [0.4, 0.5) is 0 Å². The van der Waals surface area contributed by atoms with Crippen LogP contribution >= 0.6 is 0 Å². The molecule has 0 aromatic heterocycles. The molecule has 1 aliphatic rings. The second kappa shape index (κ2) is 3.53. The van der Waals surface area contributed by atoms with Crippen LogP contribution in [-0.2, 0) is 0 Å². The van der Waals surface area contributed by atoms with E-state index in [0.29, 0.717) is 5.71 Å². The molecule has 0 aromatic carbocycles. The number of allylic oxidation sites excluding steroid dienone is 2. The first-order valence-electron chi connectivity index (χ1n) is 4.37. The van der Waals surface area contributed by atoms with Crippen molar-refractivity contribution < 1.29 is 0 Å². The summed E-state index contributed by atoms with van der Waals surface area (Å²) in [7, 11) is 0. The highest BCUT2D eigenvalue weighted by Crippen LogP contribution is 2.28. The Morgan fingerprint density at radius 1 is 1.75 bits per heavy atom. The molecule has 0 saturated heterocycles. The molecule has 0 heterocycles. The van der Waals surface area contributed by atoms with Crippen LogP contribution in [0.5, 0.6) is 0 Å². The lowest BCUT2D eigenvalue weighted by atomic mass is 9.81. The lowest BCUT2D eigenvalue weighted by molar-refractivity contribution is 0.567. The second-order valence-electron chi connectivity index (χ2n) is 3.35. The quantitative estimate of drug-likeness (QED) is 0.632. The Kier molecular flexibility index (Phi) is 2.65. The van der Waals surface area contributed by atoms with Crippen molar-refractivity contribution in [2.24, 2.45) is 11.8 Å². The molecule has 2 nitrogen and oxygen atoms in total. The molecule has 0 aliphatic heterocycles. The topological polar surface area (TPSA) is 47.6 Å². The lowest BCUT2D eigenvalue weighted by Gasteiger charge is -2.23. The molecule has 1 aliphatic carbocycles. The number of nitriles is 1. The SMILES string of the molecule is CCC1=CC(=N)C(C)CC1C#N. The van der Waals surface area contributed by atoms with E-state index in [1.165, 1.54) is 0 Å². The van der Waals surface area contributed by atoms with Crippen LogP contribution in [0.1, 0.15) is 26.7 Å². The number of hydrogen-bond donors (Lipinski definition) is 1. The standard InChI is InChI=1S/C10H14N2/c1-3-8-5-10(12)7(2)4-9(8)6-11/h5,7,9,12H,3-4H2,1-2H3. The zero-order valence-corrected chi connectivity index (χ0v) is 7.59. The van der Waals surface area contributed by atoms with E-state index in [1.807, 2.05) is 19.9 Å². The maximum Gasteiger partial charge on any atom is 0.0700 e. The van der Waals surface area contributed by atoms with Crippen molar-refractivity contribution in [1.82, 2.24) is 0 Å². The summed E-state index contributed by atoms with van der Waals surface area (Å²) in [6.45, 7) is 4.05. The van der Waals surface area contributed by atoms with Gasteiger partial charge >= 0.3 is 0 Å². The van der Waals surface area contributed by atoms with Gasteiger partial charge in [-0.2, -0.15) is 5.26 Å². The predicted octanol–water partition coefficient (Wildman–Crippen LogP) is 2.52. The molecule has 2 atom stereocenters. The van der Waals surface area contributed by atoms with E-state index >= 15 is 0 Å². The van der Waals surface area contributed by atoms with E-state index in [4.69, 9.17) is 10.7 Å². The number of nitrogens with zero attached hydrogens (tertiary/aromatic N) is 1. The normalized spacial score (nSPS) is 29.4. The first-order chi connectivity index (χ1) is 5.69. The number of rotatable bonds is 1. The molecule has 0 bridgehead atoms. The van der Waals surface area contributed by atoms with Crippen molar-refractivity contribution in [3.8, 4) is 6.07 Å². The Morgan fingerprint density at radius 3 is 2.92 bits per heavy atom. The highest BCUT2D eigenvalue weighted by Gasteiger charge is 2.23. The minimum absolute atomic E-state index is 0.0547. The molecule has 0 radical (unpaired) electrons. The fourth-order valence-corrected chi connectivity index (χ4v) is 1.56. The summed E-state index contributed by atoms with van der Waals surface area (Å²) in [5.74, 6) is 0.309. The summed E-state index contributed by atoms with van der Waals surface area (Å²) in [5, 5.41) is 16.4. The third-order valence-electron chi connectivity index (χ3n) is 2.47. The van der Waals surface area contributed by atoms with Crippen LogP contribution in [0.15, 0.2) is 11.6 Å². The van der Waals surface area contributed by atoms with Crippen LogP contribution in [0.2, 0.25) is 0 Å². The fourth-order valence-electron chi connectivity index (χ4n) is 1.56. The monoisotopic (exact) mass is 162 g/mol. The average molecular weight is 162 g/mol. The Morgan fingerprint density at radius 2 is 2.42 bits per heavy atom. The van der Waals surface area contributed by atoms with E-state index in [-0.39, 0.29) is 11.8 Å². The summed E-state index contributed by atoms with van der Waals surface area (Å²) in [6.07, 6.45) is 3.60. The predicted molar refractivity (Wildman–Crippen MR) is 49.0 cm³/mol. The molecule has 2 unspecified atom stereocenters. The van der Waals surface area contributed by atoms with Crippen LogP contribution in [-0.4, -0.2) is 5.71 Å². The van der Waals surface area contributed by atoms with E-state index in [1.54, 1.807) is 0 Å². The molecule has 0 amide bonds. The Labute approximate surface area is 73.4 Å². The van der Waals surface area contributed by atoms with E-state index in [0.717, 1.165) is 18.4 Å². The van der Waals surface area contributed by atoms with E-state index < -0.39 is 0 Å². The van der Waals surface area contributed by atoms with E-state index in [2.05, 4.69) is 6.07 Å². The van der Waals surface area contributed by atoms with Crippen molar-refractivity contribution in [2.75, 3.05) is 0 Å². The summed E-state index contributed by atoms with van der Waals surface area (Å²) in [6, 6.07) is 2.29. The van der Waals surface area contributed by atoms with Crippen molar-refractivity contribution in [3.63, 3.8) is 0 Å². The van der Waals surface area contributed by atoms with Gasteiger partial charge in [0.25, 0.3) is 0 Å². The Hall–Kier alpha value is -1.10. The summed E-state index contributed by atoms with van der Waals surface area (Å²) in [4.78, 5) is 0. The molecule has 1 rings (SSSR count). The molecule has 12 heavy (non-hydrogen) atoms. The minimum Gasteiger partial charge on any atom is -0.305 e. The third-order valence-corrected chi connectivity index (χ3v) is 2.47. The van der Waals surface area contributed by atoms with Gasteiger partial charge in [-0.1, -0.05) is 19.4 Å². The first-order valence-corrected chi connectivity index (χ1v) is 4.37. The molecule has 0 saturated carbocycles. The zero-order chi connectivity index (χ0) is 9.14. The van der Waals surface area contributed by atoms with Gasteiger partial charge in [-0.25, -0.2) is 0 Å². The summed E-state index contributed by atoms with van der Waals surface area (Å²) in [5.41, 5.74) is 1.80.